The number of aromatic amines is 1. The summed E-state index contributed by atoms with van der Waals surface area (Å²) < 4.78 is 39.0. The molecule has 8 heteroatoms. The maximum absolute atomic E-state index is 11.8. The summed E-state index contributed by atoms with van der Waals surface area (Å²) >= 11 is 0. The van der Waals surface area contributed by atoms with Gasteiger partial charge in [-0.2, -0.15) is 5.26 Å². The van der Waals surface area contributed by atoms with E-state index in [1.54, 1.807) is 0 Å². The topological polar surface area (TPSA) is 91.9 Å². The molecule has 1 aromatic rings. The molecule has 80 valence electrons. The van der Waals surface area contributed by atoms with Crippen LogP contribution in [0, 0.1) is 11.3 Å². The summed E-state index contributed by atoms with van der Waals surface area (Å²) in [5, 5.41) is 8.49. The van der Waals surface area contributed by atoms with Crippen LogP contribution in [0.3, 0.4) is 0 Å². The Bertz CT molecular complexity index is 472. The fourth-order valence-electron chi connectivity index (χ4n) is 0.848. The van der Waals surface area contributed by atoms with Crippen LogP contribution >= 0.6 is 0 Å². The van der Waals surface area contributed by atoms with Crippen LogP contribution in [-0.2, 0) is 0 Å². The number of nitrogens with one attached hydrogen (secondary N) is 1. The smallest absolute Gasteiger partial charge is 0.403 e. The molecule has 0 spiro atoms. The first-order valence-electron chi connectivity index (χ1n) is 3.52. The first-order chi connectivity index (χ1) is 6.85. The summed E-state index contributed by atoms with van der Waals surface area (Å²) in [6.45, 7) is 0. The molecule has 1 rings (SSSR count). The minimum atomic E-state index is -4.95. The number of alkyl halides is 3. The largest absolute Gasteiger partial charge is 0.573 e. The van der Waals surface area contributed by atoms with E-state index in [1.165, 1.54) is 6.07 Å². The van der Waals surface area contributed by atoms with Gasteiger partial charge < -0.3 is 15.5 Å². The van der Waals surface area contributed by atoms with Crippen molar-refractivity contribution in [3.05, 3.63) is 22.1 Å². The number of rotatable bonds is 1. The van der Waals surface area contributed by atoms with E-state index in [-0.39, 0.29) is 0 Å². The highest BCUT2D eigenvalue weighted by molar-refractivity contribution is 5.58. The number of halogens is 3. The number of nitrogen functional groups attached to an aromatic ring is 1. The predicted octanol–water partition coefficient (Wildman–Crippen LogP) is 0.727. The quantitative estimate of drug-likeness (QED) is 0.728. The van der Waals surface area contributed by atoms with Gasteiger partial charge in [0.05, 0.1) is 0 Å². The molecule has 1 heterocycles. The summed E-state index contributed by atoms with van der Waals surface area (Å²) in [7, 11) is 0. The van der Waals surface area contributed by atoms with Gasteiger partial charge in [-0.15, -0.1) is 13.2 Å². The summed E-state index contributed by atoms with van der Waals surface area (Å²) in [6, 6.07) is 1.36. The van der Waals surface area contributed by atoms with E-state index >= 15 is 0 Å². The summed E-state index contributed by atoms with van der Waals surface area (Å²) in [6.07, 6.45) is -4.32. The van der Waals surface area contributed by atoms with Gasteiger partial charge in [0.25, 0.3) is 5.56 Å². The number of hydrogen-bond acceptors (Lipinski definition) is 4. The molecule has 0 aliphatic carbocycles. The van der Waals surface area contributed by atoms with Crippen LogP contribution in [-0.4, -0.2) is 11.3 Å². The first-order valence-corrected chi connectivity index (χ1v) is 3.52. The van der Waals surface area contributed by atoms with E-state index in [1.807, 2.05) is 4.98 Å². The van der Waals surface area contributed by atoms with Gasteiger partial charge in [-0.25, -0.2) is 0 Å². The van der Waals surface area contributed by atoms with Gasteiger partial charge in [-0.1, -0.05) is 0 Å². The van der Waals surface area contributed by atoms with Crippen molar-refractivity contribution in [3.63, 3.8) is 0 Å². The lowest BCUT2D eigenvalue weighted by Crippen LogP contribution is -2.21. The minimum absolute atomic E-state index is 0.612. The standard InChI is InChI=1S/C7H4F3N3O2/c8-7(9,10)15-4-2-13-6(14)5(12)3(4)1-11/h2H,12H2,(H,13,14). The van der Waals surface area contributed by atoms with Crippen molar-refractivity contribution in [1.82, 2.24) is 4.98 Å². The van der Waals surface area contributed by atoms with Crippen LogP contribution in [0.1, 0.15) is 5.56 Å². The number of H-pyrrole nitrogens is 1. The molecule has 0 unspecified atom stereocenters. The third-order valence-electron chi connectivity index (χ3n) is 1.43. The van der Waals surface area contributed by atoms with E-state index < -0.39 is 28.9 Å². The summed E-state index contributed by atoms with van der Waals surface area (Å²) in [4.78, 5) is 12.8. The van der Waals surface area contributed by atoms with Crippen LogP contribution in [0.25, 0.3) is 0 Å². The monoisotopic (exact) mass is 219 g/mol. The molecule has 0 bridgehead atoms. The third-order valence-corrected chi connectivity index (χ3v) is 1.43. The van der Waals surface area contributed by atoms with E-state index in [0.29, 0.717) is 6.20 Å². The van der Waals surface area contributed by atoms with E-state index in [2.05, 4.69) is 4.74 Å². The molecule has 0 aromatic carbocycles. The van der Waals surface area contributed by atoms with Crippen molar-refractivity contribution in [2.45, 2.75) is 6.36 Å². The van der Waals surface area contributed by atoms with Crippen LogP contribution in [0.2, 0.25) is 0 Å². The molecule has 0 amide bonds. The SMILES string of the molecule is N#Cc1c(OC(F)(F)F)c[nH]c(=O)c1N. The van der Waals surface area contributed by atoms with Gasteiger partial charge in [0.1, 0.15) is 17.3 Å². The highest BCUT2D eigenvalue weighted by atomic mass is 19.4. The lowest BCUT2D eigenvalue weighted by molar-refractivity contribution is -0.274. The first kappa shape index (κ1) is 10.9. The predicted molar refractivity (Wildman–Crippen MR) is 42.9 cm³/mol. The highest BCUT2D eigenvalue weighted by Gasteiger charge is 2.32. The number of nitrogens with two attached hydrogens (primary N) is 1. The second kappa shape index (κ2) is 3.53. The van der Waals surface area contributed by atoms with E-state index in [4.69, 9.17) is 11.0 Å². The zero-order valence-electron chi connectivity index (χ0n) is 7.05. The third kappa shape index (κ3) is 2.40. The Morgan fingerprint density at radius 1 is 1.53 bits per heavy atom. The van der Waals surface area contributed by atoms with Crippen LogP contribution in [0.5, 0.6) is 5.75 Å². The zero-order chi connectivity index (χ0) is 11.6. The Morgan fingerprint density at radius 2 is 2.13 bits per heavy atom. The molecular formula is C7H4F3N3O2. The van der Waals surface area contributed by atoms with Crippen molar-refractivity contribution in [2.75, 3.05) is 5.73 Å². The van der Waals surface area contributed by atoms with Gasteiger partial charge in [0.2, 0.25) is 0 Å². The molecule has 5 nitrogen and oxygen atoms in total. The van der Waals surface area contributed by atoms with Crippen LogP contribution < -0.4 is 16.0 Å². The molecule has 0 saturated heterocycles. The molecule has 15 heavy (non-hydrogen) atoms. The molecule has 0 radical (unpaired) electrons. The molecule has 3 N–H and O–H groups in total. The number of aromatic nitrogens is 1. The maximum Gasteiger partial charge on any atom is 0.573 e. The van der Waals surface area contributed by atoms with Crippen molar-refractivity contribution in [2.24, 2.45) is 0 Å². The summed E-state index contributed by atoms with van der Waals surface area (Å²) in [5.41, 5.74) is 3.00. The Hall–Kier alpha value is -2.17. The Labute approximate surface area is 80.9 Å². The molecular weight excluding hydrogens is 215 g/mol. The fraction of sp³-hybridized carbons (Fsp3) is 0.143. The minimum Gasteiger partial charge on any atom is -0.403 e. The normalized spacial score (nSPS) is 10.8. The number of hydrogen-bond donors (Lipinski definition) is 2. The number of nitriles is 1. The number of anilines is 1. The molecule has 1 aromatic heterocycles. The average molecular weight is 219 g/mol. The molecule has 0 aliphatic heterocycles. The average Bonchev–Trinajstić information content (AvgIpc) is 2.10. The molecule has 0 atom stereocenters. The van der Waals surface area contributed by atoms with Crippen molar-refractivity contribution in [3.8, 4) is 11.8 Å². The fourth-order valence-corrected chi connectivity index (χ4v) is 0.848. The van der Waals surface area contributed by atoms with Crippen molar-refractivity contribution < 1.29 is 17.9 Å². The van der Waals surface area contributed by atoms with E-state index in [0.717, 1.165) is 0 Å². The van der Waals surface area contributed by atoms with Gasteiger partial charge in [-0.05, 0) is 0 Å². The number of ether oxygens (including phenoxy) is 1. The zero-order valence-corrected chi connectivity index (χ0v) is 7.05. The van der Waals surface area contributed by atoms with Crippen molar-refractivity contribution >= 4 is 5.69 Å². The Kier molecular flexibility index (Phi) is 2.57. The lowest BCUT2D eigenvalue weighted by Gasteiger charge is -2.10. The Balaban J connectivity index is 3.28. The molecule has 0 fully saturated rings. The van der Waals surface area contributed by atoms with Gasteiger partial charge in [0, 0.05) is 6.20 Å². The van der Waals surface area contributed by atoms with Crippen LogP contribution in [0.15, 0.2) is 11.0 Å². The maximum atomic E-state index is 11.8. The van der Waals surface area contributed by atoms with E-state index in [9.17, 15) is 18.0 Å². The van der Waals surface area contributed by atoms with Gasteiger partial charge >= 0.3 is 6.36 Å². The van der Waals surface area contributed by atoms with Gasteiger partial charge in [0.15, 0.2) is 5.75 Å². The number of pyridine rings is 1. The second-order valence-electron chi connectivity index (χ2n) is 2.43. The molecule has 0 saturated carbocycles. The molecule has 0 aliphatic rings. The van der Waals surface area contributed by atoms with Crippen LogP contribution in [0.4, 0.5) is 18.9 Å². The number of nitrogens with zero attached hydrogens (tertiary/aromatic N) is 1. The lowest BCUT2D eigenvalue weighted by atomic mass is 10.2. The van der Waals surface area contributed by atoms with Crippen molar-refractivity contribution in [1.29, 1.82) is 5.26 Å². The van der Waals surface area contributed by atoms with Gasteiger partial charge in [-0.3, -0.25) is 4.79 Å². The summed E-state index contributed by atoms with van der Waals surface area (Å²) in [5.74, 6) is -0.831. The Morgan fingerprint density at radius 3 is 2.60 bits per heavy atom. The highest BCUT2D eigenvalue weighted by Crippen LogP contribution is 2.26. The second-order valence-corrected chi connectivity index (χ2v) is 2.43.